The first-order valence-electron chi connectivity index (χ1n) is 9.48. The Hall–Kier alpha value is -2.81. The third-order valence-corrected chi connectivity index (χ3v) is 5.65. The molecule has 3 heterocycles. The van der Waals surface area contributed by atoms with Crippen molar-refractivity contribution in [2.75, 3.05) is 11.9 Å². The van der Waals surface area contributed by atoms with Gasteiger partial charge in [0.05, 0.1) is 5.56 Å². The summed E-state index contributed by atoms with van der Waals surface area (Å²) in [7, 11) is 1.74. The lowest BCUT2D eigenvalue weighted by atomic mass is 9.95. The molecular formula is C21H18Cl2FN5O2. The molecule has 10 heteroatoms. The highest BCUT2D eigenvalue weighted by atomic mass is 35.5. The predicted octanol–water partition coefficient (Wildman–Crippen LogP) is 3.62. The Bertz CT molecular complexity index is 1160. The highest BCUT2D eigenvalue weighted by Gasteiger charge is 2.23. The number of carbonyl (C=O) groups is 1. The number of aryl methyl sites for hydroxylation is 1. The van der Waals surface area contributed by atoms with Crippen LogP contribution in [-0.2, 0) is 13.0 Å². The zero-order chi connectivity index (χ0) is 22.1. The third-order valence-electron chi connectivity index (χ3n) is 5.19. The lowest BCUT2D eigenvalue weighted by molar-refractivity contribution is 0.0950. The van der Waals surface area contributed by atoms with Gasteiger partial charge in [-0.05, 0) is 48.2 Å². The highest BCUT2D eigenvalue weighted by molar-refractivity contribution is 6.34. The van der Waals surface area contributed by atoms with E-state index in [1.54, 1.807) is 36.5 Å². The second kappa shape index (κ2) is 8.74. The zero-order valence-electron chi connectivity index (χ0n) is 16.4. The average Bonchev–Trinajstić information content (AvgIpc) is 2.76. The molecule has 2 N–H and O–H groups in total. The molecule has 0 radical (unpaired) electrons. The number of nitrogens with one attached hydrogen (secondary N) is 1. The van der Waals surface area contributed by atoms with Gasteiger partial charge in [-0.15, -0.1) is 10.2 Å². The molecule has 0 fully saturated rings. The van der Waals surface area contributed by atoms with E-state index in [2.05, 4.69) is 20.5 Å². The van der Waals surface area contributed by atoms with Gasteiger partial charge < -0.3 is 15.3 Å². The van der Waals surface area contributed by atoms with E-state index in [4.69, 9.17) is 23.2 Å². The Labute approximate surface area is 187 Å². The molecule has 160 valence electrons. The monoisotopic (exact) mass is 461 g/mol. The van der Waals surface area contributed by atoms with Crippen molar-refractivity contribution in [2.24, 2.45) is 0 Å². The van der Waals surface area contributed by atoms with Crippen molar-refractivity contribution in [3.8, 4) is 11.1 Å². The number of fused-ring (bicyclic) bond motifs is 1. The quantitative estimate of drug-likeness (QED) is 0.616. The first-order valence-corrected chi connectivity index (χ1v) is 10.2. The van der Waals surface area contributed by atoms with Crippen molar-refractivity contribution in [3.05, 3.63) is 69.5 Å². The van der Waals surface area contributed by atoms with Crippen LogP contribution in [0.1, 0.15) is 27.9 Å². The molecule has 4 rings (SSSR count). The van der Waals surface area contributed by atoms with Crippen molar-refractivity contribution < 1.29 is 14.3 Å². The maximum absolute atomic E-state index is 14.9. The fourth-order valence-corrected chi connectivity index (χ4v) is 3.84. The molecule has 1 amide bonds. The van der Waals surface area contributed by atoms with Crippen molar-refractivity contribution in [1.29, 1.82) is 0 Å². The van der Waals surface area contributed by atoms with Crippen LogP contribution in [0.15, 0.2) is 36.7 Å². The molecule has 0 bridgehead atoms. The third kappa shape index (κ3) is 4.46. The van der Waals surface area contributed by atoms with Crippen LogP contribution in [0.2, 0.25) is 10.3 Å². The summed E-state index contributed by atoms with van der Waals surface area (Å²) < 4.78 is 14.9. The topological polar surface area (TPSA) is 91.2 Å². The molecule has 1 aliphatic rings. The largest absolute Gasteiger partial charge is 0.374 e. The fourth-order valence-electron chi connectivity index (χ4n) is 3.52. The molecule has 2 aromatic heterocycles. The van der Waals surface area contributed by atoms with E-state index < -0.39 is 18.0 Å². The van der Waals surface area contributed by atoms with Gasteiger partial charge in [0.2, 0.25) is 0 Å². The van der Waals surface area contributed by atoms with Crippen molar-refractivity contribution in [2.45, 2.75) is 25.6 Å². The molecule has 1 unspecified atom stereocenters. The highest BCUT2D eigenvalue weighted by Crippen LogP contribution is 2.34. The maximum atomic E-state index is 14.9. The van der Waals surface area contributed by atoms with Crippen LogP contribution in [0.5, 0.6) is 0 Å². The minimum absolute atomic E-state index is 0.0549. The number of nitrogens with zero attached hydrogens (tertiary/aromatic N) is 4. The smallest absolute Gasteiger partial charge is 0.254 e. The lowest BCUT2D eigenvalue weighted by Gasteiger charge is -2.33. The van der Waals surface area contributed by atoms with Crippen LogP contribution in [0, 0.1) is 5.82 Å². The van der Waals surface area contributed by atoms with Crippen LogP contribution in [0.25, 0.3) is 11.1 Å². The zero-order valence-corrected chi connectivity index (χ0v) is 18.0. The molecule has 0 spiro atoms. The summed E-state index contributed by atoms with van der Waals surface area (Å²) in [6, 6.07) is 6.32. The minimum atomic E-state index is -0.620. The number of rotatable bonds is 4. The fraction of sp³-hybridized carbons (Fsp3) is 0.238. The van der Waals surface area contributed by atoms with E-state index in [1.807, 2.05) is 0 Å². The molecule has 31 heavy (non-hydrogen) atoms. The van der Waals surface area contributed by atoms with E-state index in [0.717, 1.165) is 5.56 Å². The average molecular weight is 462 g/mol. The number of anilines is 1. The van der Waals surface area contributed by atoms with Crippen molar-refractivity contribution in [1.82, 2.24) is 20.5 Å². The van der Waals surface area contributed by atoms with E-state index in [0.29, 0.717) is 35.2 Å². The molecule has 0 aliphatic carbocycles. The van der Waals surface area contributed by atoms with E-state index in [-0.39, 0.29) is 22.4 Å². The van der Waals surface area contributed by atoms with Crippen molar-refractivity contribution in [3.63, 3.8) is 0 Å². The summed E-state index contributed by atoms with van der Waals surface area (Å²) >= 11 is 11.7. The maximum Gasteiger partial charge on any atom is 0.254 e. The van der Waals surface area contributed by atoms with Crippen LogP contribution >= 0.6 is 23.2 Å². The summed E-state index contributed by atoms with van der Waals surface area (Å²) in [5, 5.41) is 19.9. The summed E-state index contributed by atoms with van der Waals surface area (Å²) in [6.07, 6.45) is 3.77. The van der Waals surface area contributed by atoms with Crippen LogP contribution < -0.4 is 10.2 Å². The number of pyridine rings is 1. The molecule has 1 aromatic carbocycles. The summed E-state index contributed by atoms with van der Waals surface area (Å²) in [6.45, 7) is 0.150. The predicted molar refractivity (Wildman–Crippen MR) is 116 cm³/mol. The summed E-state index contributed by atoms with van der Waals surface area (Å²) in [4.78, 5) is 18.2. The normalized spacial score (nSPS) is 15.5. The molecule has 1 aliphatic heterocycles. The molecule has 1 atom stereocenters. The van der Waals surface area contributed by atoms with Gasteiger partial charge in [0.25, 0.3) is 5.91 Å². The number of benzene rings is 1. The van der Waals surface area contributed by atoms with Crippen LogP contribution in [-0.4, -0.2) is 39.5 Å². The van der Waals surface area contributed by atoms with Gasteiger partial charge in [-0.25, -0.2) is 4.39 Å². The van der Waals surface area contributed by atoms with Gasteiger partial charge in [0, 0.05) is 42.8 Å². The Balaban J connectivity index is 1.55. The Kier molecular flexibility index (Phi) is 6.04. The molecule has 0 saturated heterocycles. The number of aliphatic hydroxyl groups is 1. The first kappa shape index (κ1) is 21.4. The van der Waals surface area contributed by atoms with Crippen LogP contribution in [0.4, 0.5) is 10.1 Å². The second-order valence-electron chi connectivity index (χ2n) is 7.23. The molecular weight excluding hydrogens is 444 g/mol. The molecule has 3 aromatic rings. The number of hydrogen-bond acceptors (Lipinski definition) is 6. The Morgan fingerprint density at radius 1 is 1.26 bits per heavy atom. The standard InChI is InChI=1S/C21H18Cl2FN5O2/c1-29-17-7-16(24)14(5-12(17)2-3-19(29)30)13-4-11(8-25-10-13)9-26-21(31)15-6-18(22)27-28-20(15)23/h4-8,10,19,30H,2-3,9H2,1H3,(H,26,31). The lowest BCUT2D eigenvalue weighted by Crippen LogP contribution is -2.35. The summed E-state index contributed by atoms with van der Waals surface area (Å²) in [5.41, 5.74) is 3.43. The van der Waals surface area contributed by atoms with Gasteiger partial charge in [-0.3, -0.25) is 9.78 Å². The van der Waals surface area contributed by atoms with Gasteiger partial charge in [0.1, 0.15) is 12.0 Å². The molecule has 0 saturated carbocycles. The Morgan fingerprint density at radius 3 is 2.87 bits per heavy atom. The number of carbonyl (C=O) groups excluding carboxylic acids is 1. The number of halogens is 3. The summed E-state index contributed by atoms with van der Waals surface area (Å²) in [5.74, 6) is -0.874. The van der Waals surface area contributed by atoms with Crippen molar-refractivity contribution >= 4 is 34.8 Å². The van der Waals surface area contributed by atoms with Gasteiger partial charge >= 0.3 is 0 Å². The first-order chi connectivity index (χ1) is 14.8. The van der Waals surface area contributed by atoms with E-state index in [9.17, 15) is 14.3 Å². The number of aromatic nitrogens is 3. The minimum Gasteiger partial charge on any atom is -0.374 e. The van der Waals surface area contributed by atoms with E-state index >= 15 is 0 Å². The molecule has 7 nitrogen and oxygen atoms in total. The Morgan fingerprint density at radius 2 is 2.06 bits per heavy atom. The SMILES string of the molecule is CN1c2cc(F)c(-c3cncc(CNC(=O)c4cc(Cl)nnc4Cl)c3)cc2CCC1O. The van der Waals surface area contributed by atoms with Gasteiger partial charge in [-0.1, -0.05) is 23.2 Å². The van der Waals surface area contributed by atoms with Gasteiger partial charge in [0.15, 0.2) is 10.3 Å². The van der Waals surface area contributed by atoms with Gasteiger partial charge in [-0.2, -0.15) is 0 Å². The number of amides is 1. The second-order valence-corrected chi connectivity index (χ2v) is 7.97. The van der Waals surface area contributed by atoms with Crippen LogP contribution in [0.3, 0.4) is 0 Å². The van der Waals surface area contributed by atoms with E-state index in [1.165, 1.54) is 12.1 Å². The number of aliphatic hydroxyl groups excluding tert-OH is 1. The number of hydrogen-bond donors (Lipinski definition) is 2.